The van der Waals surface area contributed by atoms with E-state index < -0.39 is 6.10 Å². The third-order valence-electron chi connectivity index (χ3n) is 4.77. The molecule has 0 saturated carbocycles. The minimum Gasteiger partial charge on any atom is -0.477 e. The number of hydrogen-bond donors (Lipinski definition) is 2. The molecule has 7 nitrogen and oxygen atoms in total. The molecule has 0 bridgehead atoms. The van der Waals surface area contributed by atoms with Crippen molar-refractivity contribution in [1.29, 1.82) is 5.26 Å². The Morgan fingerprint density at radius 2 is 2.04 bits per heavy atom. The molecule has 136 valence electrons. The molecule has 7 heteroatoms. The Labute approximate surface area is 155 Å². The van der Waals surface area contributed by atoms with Crippen LogP contribution in [0, 0.1) is 17.2 Å². The van der Waals surface area contributed by atoms with Gasteiger partial charge in [0.2, 0.25) is 0 Å². The lowest BCUT2D eigenvalue weighted by Crippen LogP contribution is -2.40. The van der Waals surface area contributed by atoms with Crippen LogP contribution in [0.25, 0.3) is 22.0 Å². The number of rotatable bonds is 2. The van der Waals surface area contributed by atoms with Gasteiger partial charge in [0.05, 0.1) is 17.3 Å². The van der Waals surface area contributed by atoms with Gasteiger partial charge in [0.1, 0.15) is 5.52 Å². The highest BCUT2D eigenvalue weighted by Gasteiger charge is 2.32. The van der Waals surface area contributed by atoms with Crippen molar-refractivity contribution in [3.63, 3.8) is 0 Å². The summed E-state index contributed by atoms with van der Waals surface area (Å²) >= 11 is 0. The number of ether oxygens (including phenoxy) is 1. The lowest BCUT2D eigenvalue weighted by Gasteiger charge is -2.30. The second kappa shape index (κ2) is 6.02. The number of nitrogens with zero attached hydrogens (tertiary/aromatic N) is 2. The molecule has 3 aromatic rings. The van der Waals surface area contributed by atoms with Crippen molar-refractivity contribution in [2.45, 2.75) is 20.0 Å². The normalized spacial score (nSPS) is 16.0. The number of carbonyl (C=O) groups excluding carboxylic acids is 1. The number of benzene rings is 1. The molecule has 0 saturated heterocycles. The summed E-state index contributed by atoms with van der Waals surface area (Å²) in [6.07, 6.45) is 2.80. The first-order chi connectivity index (χ1) is 12.9. The van der Waals surface area contributed by atoms with Crippen LogP contribution in [0.3, 0.4) is 0 Å². The number of hydrogen-bond acceptors (Lipinski definition) is 4. The molecule has 1 aliphatic rings. The fourth-order valence-corrected chi connectivity index (χ4v) is 3.42. The Morgan fingerprint density at radius 1 is 1.26 bits per heavy atom. The molecule has 4 rings (SSSR count). The van der Waals surface area contributed by atoms with Crippen molar-refractivity contribution >= 4 is 22.5 Å². The number of amides is 1. The molecule has 0 fully saturated rings. The molecule has 0 spiro atoms. The first kappa shape index (κ1) is 16.9. The van der Waals surface area contributed by atoms with Crippen LogP contribution in [0.4, 0.5) is 5.69 Å². The van der Waals surface area contributed by atoms with Gasteiger partial charge in [0, 0.05) is 36.0 Å². The molecular weight excluding hydrogens is 344 g/mol. The average Bonchev–Trinajstić information content (AvgIpc) is 3.13. The number of nitrogens with one attached hydrogen (secondary N) is 2. The van der Waals surface area contributed by atoms with Gasteiger partial charge in [-0.2, -0.15) is 5.26 Å². The maximum atomic E-state index is 12.4. The first-order valence-electron chi connectivity index (χ1n) is 8.63. The highest BCUT2D eigenvalue weighted by atomic mass is 16.5. The van der Waals surface area contributed by atoms with Crippen molar-refractivity contribution in [2.24, 2.45) is 13.0 Å². The summed E-state index contributed by atoms with van der Waals surface area (Å²) in [6, 6.07) is 7.26. The largest absolute Gasteiger partial charge is 0.477 e. The molecule has 1 amide bonds. The van der Waals surface area contributed by atoms with E-state index in [0.717, 1.165) is 10.9 Å². The van der Waals surface area contributed by atoms with E-state index in [4.69, 9.17) is 4.74 Å². The van der Waals surface area contributed by atoms with E-state index >= 15 is 0 Å². The van der Waals surface area contributed by atoms with E-state index in [1.807, 2.05) is 19.9 Å². The number of carbonyl (C=O) groups is 1. The molecule has 27 heavy (non-hydrogen) atoms. The van der Waals surface area contributed by atoms with Crippen LogP contribution in [0.5, 0.6) is 5.75 Å². The maximum absolute atomic E-state index is 12.4. The van der Waals surface area contributed by atoms with E-state index in [0.29, 0.717) is 28.1 Å². The SMILES string of the molecule is CC(C)C1Oc2c(cc(C#N)cc2-c2cn(C)c(=O)c3[nH]ccc23)NC1=O. The van der Waals surface area contributed by atoms with E-state index in [9.17, 15) is 14.9 Å². The van der Waals surface area contributed by atoms with Crippen LogP contribution in [-0.2, 0) is 11.8 Å². The summed E-state index contributed by atoms with van der Waals surface area (Å²) in [7, 11) is 1.67. The smallest absolute Gasteiger partial charge is 0.274 e. The van der Waals surface area contributed by atoms with Gasteiger partial charge in [0.15, 0.2) is 11.9 Å². The Balaban J connectivity index is 2.03. The molecule has 1 aliphatic heterocycles. The van der Waals surface area contributed by atoms with Gasteiger partial charge in [-0.1, -0.05) is 13.8 Å². The topological polar surface area (TPSA) is 99.9 Å². The number of pyridine rings is 1. The summed E-state index contributed by atoms with van der Waals surface area (Å²) in [4.78, 5) is 27.7. The number of aromatic amines is 1. The minimum atomic E-state index is -0.626. The van der Waals surface area contributed by atoms with Crippen LogP contribution in [-0.4, -0.2) is 21.6 Å². The minimum absolute atomic E-state index is 0.0194. The van der Waals surface area contributed by atoms with Crippen molar-refractivity contribution in [3.8, 4) is 22.9 Å². The fourth-order valence-electron chi connectivity index (χ4n) is 3.42. The number of fused-ring (bicyclic) bond motifs is 2. The molecular formula is C20H18N4O3. The Morgan fingerprint density at radius 3 is 2.74 bits per heavy atom. The third kappa shape index (κ3) is 2.57. The molecule has 1 aromatic carbocycles. The van der Waals surface area contributed by atoms with E-state index in [2.05, 4.69) is 16.4 Å². The summed E-state index contributed by atoms with van der Waals surface area (Å²) in [5, 5.41) is 13.0. The van der Waals surface area contributed by atoms with Crippen LogP contribution in [0.15, 0.2) is 35.4 Å². The highest BCUT2D eigenvalue weighted by Crippen LogP contribution is 2.43. The molecule has 2 N–H and O–H groups in total. The predicted octanol–water partition coefficient (Wildman–Crippen LogP) is 2.76. The number of H-pyrrole nitrogens is 1. The van der Waals surface area contributed by atoms with Crippen molar-refractivity contribution in [3.05, 3.63) is 46.5 Å². The zero-order valence-corrected chi connectivity index (χ0v) is 15.2. The van der Waals surface area contributed by atoms with Gasteiger partial charge in [0.25, 0.3) is 11.5 Å². The average molecular weight is 362 g/mol. The maximum Gasteiger partial charge on any atom is 0.274 e. The zero-order valence-electron chi connectivity index (χ0n) is 15.2. The Kier molecular flexibility index (Phi) is 3.77. The second-order valence-electron chi connectivity index (χ2n) is 7.01. The van der Waals surface area contributed by atoms with E-state index in [1.54, 1.807) is 31.6 Å². The standard InChI is InChI=1S/C20H18N4O3/c1-10(2)17-19(25)23-15-7-11(8-21)6-13(18(15)27-17)14-9-24(3)20(26)16-12(14)4-5-22-16/h4-7,9-10,17,22H,1-3H3,(H,23,25). The zero-order chi connectivity index (χ0) is 19.3. The van der Waals surface area contributed by atoms with Gasteiger partial charge in [-0.05, 0) is 24.1 Å². The third-order valence-corrected chi connectivity index (χ3v) is 4.77. The van der Waals surface area contributed by atoms with Gasteiger partial charge in [-0.25, -0.2) is 0 Å². The fraction of sp³-hybridized carbons (Fsp3) is 0.250. The molecule has 0 aliphatic carbocycles. The summed E-state index contributed by atoms with van der Waals surface area (Å²) in [6.45, 7) is 3.82. The van der Waals surface area contributed by atoms with Crippen LogP contribution < -0.4 is 15.6 Å². The molecule has 1 unspecified atom stereocenters. The number of nitriles is 1. The van der Waals surface area contributed by atoms with Crippen LogP contribution in [0.1, 0.15) is 19.4 Å². The number of anilines is 1. The lowest BCUT2D eigenvalue weighted by molar-refractivity contribution is -0.125. The Bertz CT molecular complexity index is 1180. The second-order valence-corrected chi connectivity index (χ2v) is 7.01. The van der Waals surface area contributed by atoms with Crippen LogP contribution >= 0.6 is 0 Å². The number of aromatic nitrogens is 2. The molecule has 2 aromatic heterocycles. The number of aryl methyl sites for hydroxylation is 1. The van der Waals surface area contributed by atoms with Crippen molar-refractivity contribution < 1.29 is 9.53 Å². The lowest BCUT2D eigenvalue weighted by atomic mass is 9.97. The van der Waals surface area contributed by atoms with Crippen molar-refractivity contribution in [1.82, 2.24) is 9.55 Å². The molecule has 0 radical (unpaired) electrons. The summed E-state index contributed by atoms with van der Waals surface area (Å²) in [5.74, 6) is 0.258. The van der Waals surface area contributed by atoms with Gasteiger partial charge < -0.3 is 19.6 Å². The summed E-state index contributed by atoms with van der Waals surface area (Å²) in [5.41, 5.74) is 2.61. The van der Waals surface area contributed by atoms with Gasteiger partial charge >= 0.3 is 0 Å². The van der Waals surface area contributed by atoms with E-state index in [-0.39, 0.29) is 17.4 Å². The van der Waals surface area contributed by atoms with Gasteiger partial charge in [-0.15, -0.1) is 0 Å². The van der Waals surface area contributed by atoms with Gasteiger partial charge in [-0.3, -0.25) is 9.59 Å². The molecule has 3 heterocycles. The van der Waals surface area contributed by atoms with Crippen LogP contribution in [0.2, 0.25) is 0 Å². The molecule has 1 atom stereocenters. The van der Waals surface area contributed by atoms with E-state index in [1.165, 1.54) is 4.57 Å². The Hall–Kier alpha value is -3.53. The van der Waals surface area contributed by atoms with Crippen molar-refractivity contribution in [2.75, 3.05) is 5.32 Å². The quantitative estimate of drug-likeness (QED) is 0.732. The highest BCUT2D eigenvalue weighted by molar-refractivity contribution is 6.03. The monoisotopic (exact) mass is 362 g/mol. The predicted molar refractivity (Wildman–Crippen MR) is 102 cm³/mol. The summed E-state index contributed by atoms with van der Waals surface area (Å²) < 4.78 is 7.55. The first-order valence-corrected chi connectivity index (χ1v) is 8.63.